The van der Waals surface area contributed by atoms with E-state index < -0.39 is 0 Å². The summed E-state index contributed by atoms with van der Waals surface area (Å²) in [6.45, 7) is 0.458. The summed E-state index contributed by atoms with van der Waals surface area (Å²) >= 11 is 1.60. The van der Waals surface area contributed by atoms with Gasteiger partial charge >= 0.3 is 0 Å². The van der Waals surface area contributed by atoms with E-state index in [0.29, 0.717) is 6.54 Å². The summed E-state index contributed by atoms with van der Waals surface area (Å²) in [6.07, 6.45) is 1.98. The van der Waals surface area contributed by atoms with Crippen molar-refractivity contribution in [2.45, 2.75) is 6.54 Å². The Hall–Kier alpha value is -1.85. The molecule has 0 fully saturated rings. The van der Waals surface area contributed by atoms with Gasteiger partial charge in [0, 0.05) is 23.7 Å². The molecule has 0 saturated heterocycles. The van der Waals surface area contributed by atoms with Crippen LogP contribution in [-0.4, -0.2) is 16.5 Å². The molecule has 0 amide bonds. The molecule has 1 aromatic carbocycles. The number of imidazole rings is 1. The van der Waals surface area contributed by atoms with Gasteiger partial charge in [0.25, 0.3) is 0 Å². The Balaban J connectivity index is 2.21. The summed E-state index contributed by atoms with van der Waals surface area (Å²) in [5.41, 5.74) is 8.67. The summed E-state index contributed by atoms with van der Waals surface area (Å²) < 4.78 is 7.46. The van der Waals surface area contributed by atoms with Gasteiger partial charge in [0.15, 0.2) is 4.96 Å². The second-order valence-corrected chi connectivity index (χ2v) is 4.75. The molecular weight excluding hydrogens is 246 g/mol. The van der Waals surface area contributed by atoms with Crippen LogP contribution in [0.4, 0.5) is 0 Å². The van der Waals surface area contributed by atoms with Gasteiger partial charge in [-0.25, -0.2) is 4.98 Å². The highest BCUT2D eigenvalue weighted by Crippen LogP contribution is 2.32. The third kappa shape index (κ3) is 1.68. The van der Waals surface area contributed by atoms with Crippen molar-refractivity contribution in [3.05, 3.63) is 41.5 Å². The van der Waals surface area contributed by atoms with Crippen LogP contribution < -0.4 is 10.5 Å². The third-order valence-electron chi connectivity index (χ3n) is 2.85. The van der Waals surface area contributed by atoms with E-state index >= 15 is 0 Å². The van der Waals surface area contributed by atoms with E-state index in [1.165, 1.54) is 0 Å². The van der Waals surface area contributed by atoms with Crippen LogP contribution >= 0.6 is 11.3 Å². The van der Waals surface area contributed by atoms with E-state index in [1.54, 1.807) is 18.4 Å². The van der Waals surface area contributed by atoms with E-state index in [2.05, 4.69) is 14.8 Å². The summed E-state index contributed by atoms with van der Waals surface area (Å²) in [4.78, 5) is 5.40. The van der Waals surface area contributed by atoms with Crippen LogP contribution in [0.5, 0.6) is 5.75 Å². The van der Waals surface area contributed by atoms with Crippen LogP contribution in [0.1, 0.15) is 5.69 Å². The highest BCUT2D eigenvalue weighted by Gasteiger charge is 2.12. The van der Waals surface area contributed by atoms with E-state index in [4.69, 9.17) is 10.5 Å². The molecule has 2 N–H and O–H groups in total. The Kier molecular flexibility index (Phi) is 2.77. The highest BCUT2D eigenvalue weighted by molar-refractivity contribution is 7.15. The molecule has 18 heavy (non-hydrogen) atoms. The fourth-order valence-electron chi connectivity index (χ4n) is 1.98. The molecule has 0 aliphatic heterocycles. The van der Waals surface area contributed by atoms with Gasteiger partial charge < -0.3 is 10.5 Å². The van der Waals surface area contributed by atoms with Crippen LogP contribution in [0.3, 0.4) is 0 Å². The quantitative estimate of drug-likeness (QED) is 0.786. The van der Waals surface area contributed by atoms with Gasteiger partial charge in [0.2, 0.25) is 0 Å². The van der Waals surface area contributed by atoms with Crippen molar-refractivity contribution in [3.8, 4) is 17.0 Å². The number of rotatable bonds is 3. The molecule has 3 rings (SSSR count). The van der Waals surface area contributed by atoms with E-state index in [0.717, 1.165) is 27.7 Å². The zero-order valence-corrected chi connectivity index (χ0v) is 10.8. The normalized spacial score (nSPS) is 11.0. The largest absolute Gasteiger partial charge is 0.496 e. The number of hydrogen-bond acceptors (Lipinski definition) is 4. The lowest BCUT2D eigenvalue weighted by atomic mass is 10.1. The molecule has 0 radical (unpaired) electrons. The fourth-order valence-corrected chi connectivity index (χ4v) is 2.87. The molecule has 0 aliphatic rings. The second kappa shape index (κ2) is 4.44. The molecule has 2 heterocycles. The Morgan fingerprint density at radius 3 is 3.00 bits per heavy atom. The van der Waals surface area contributed by atoms with Crippen molar-refractivity contribution >= 4 is 16.3 Å². The van der Waals surface area contributed by atoms with Crippen LogP contribution in [0.2, 0.25) is 0 Å². The SMILES string of the molecule is COc1ccccc1-c1csc2nc(CN)cn12. The van der Waals surface area contributed by atoms with Gasteiger partial charge in [-0.2, -0.15) is 0 Å². The first kappa shape index (κ1) is 11.3. The first-order valence-electron chi connectivity index (χ1n) is 5.62. The topological polar surface area (TPSA) is 52.5 Å². The van der Waals surface area contributed by atoms with Crippen molar-refractivity contribution in [2.24, 2.45) is 5.73 Å². The van der Waals surface area contributed by atoms with Gasteiger partial charge in [-0.05, 0) is 12.1 Å². The Labute approximate surface area is 109 Å². The molecule has 0 unspecified atom stereocenters. The molecule has 0 spiro atoms. The highest BCUT2D eigenvalue weighted by atomic mass is 32.1. The van der Waals surface area contributed by atoms with Gasteiger partial charge in [-0.15, -0.1) is 11.3 Å². The minimum atomic E-state index is 0.458. The summed E-state index contributed by atoms with van der Waals surface area (Å²) in [6, 6.07) is 7.97. The van der Waals surface area contributed by atoms with Crippen LogP contribution in [0, 0.1) is 0 Å². The zero-order chi connectivity index (χ0) is 12.5. The maximum absolute atomic E-state index is 5.62. The van der Waals surface area contributed by atoms with Crippen molar-refractivity contribution in [1.82, 2.24) is 9.38 Å². The number of fused-ring (bicyclic) bond motifs is 1. The summed E-state index contributed by atoms with van der Waals surface area (Å²) in [5, 5.41) is 2.08. The van der Waals surface area contributed by atoms with Crippen LogP contribution in [0.25, 0.3) is 16.2 Å². The number of aromatic nitrogens is 2. The molecule has 0 atom stereocenters. The molecule has 0 bridgehead atoms. The maximum atomic E-state index is 5.62. The first-order chi connectivity index (χ1) is 8.83. The van der Waals surface area contributed by atoms with Crippen LogP contribution in [0.15, 0.2) is 35.8 Å². The van der Waals surface area contributed by atoms with Crippen molar-refractivity contribution in [1.29, 1.82) is 0 Å². The lowest BCUT2D eigenvalue weighted by Gasteiger charge is -2.06. The number of thiazole rings is 1. The molecular formula is C13H13N3OS. The summed E-state index contributed by atoms with van der Waals surface area (Å²) in [5.74, 6) is 0.861. The number of nitrogens with zero attached hydrogens (tertiary/aromatic N) is 2. The lowest BCUT2D eigenvalue weighted by molar-refractivity contribution is 0.416. The number of methoxy groups -OCH3 is 1. The zero-order valence-electron chi connectivity index (χ0n) is 9.96. The van der Waals surface area contributed by atoms with Gasteiger partial charge in [-0.3, -0.25) is 4.40 Å². The monoisotopic (exact) mass is 259 g/mol. The number of benzene rings is 1. The predicted octanol–water partition coefficient (Wildman–Crippen LogP) is 2.53. The molecule has 0 saturated carbocycles. The number of nitrogens with two attached hydrogens (primary N) is 1. The first-order valence-corrected chi connectivity index (χ1v) is 6.50. The smallest absolute Gasteiger partial charge is 0.194 e. The number of hydrogen-bond donors (Lipinski definition) is 1. The molecule has 3 aromatic rings. The third-order valence-corrected chi connectivity index (χ3v) is 3.69. The Morgan fingerprint density at radius 2 is 2.22 bits per heavy atom. The van der Waals surface area contributed by atoms with E-state index in [1.807, 2.05) is 30.5 Å². The summed E-state index contributed by atoms with van der Waals surface area (Å²) in [7, 11) is 1.68. The van der Waals surface area contributed by atoms with Crippen molar-refractivity contribution in [2.75, 3.05) is 7.11 Å². The fraction of sp³-hybridized carbons (Fsp3) is 0.154. The molecule has 5 heteroatoms. The van der Waals surface area contributed by atoms with Gasteiger partial charge in [-0.1, -0.05) is 12.1 Å². The second-order valence-electron chi connectivity index (χ2n) is 3.91. The van der Waals surface area contributed by atoms with E-state index in [9.17, 15) is 0 Å². The minimum Gasteiger partial charge on any atom is -0.496 e. The number of para-hydroxylation sites is 1. The van der Waals surface area contributed by atoms with Crippen molar-refractivity contribution < 1.29 is 4.74 Å². The molecule has 4 nitrogen and oxygen atoms in total. The molecule has 2 aromatic heterocycles. The van der Waals surface area contributed by atoms with Crippen molar-refractivity contribution in [3.63, 3.8) is 0 Å². The van der Waals surface area contributed by atoms with Gasteiger partial charge in [0.05, 0.1) is 18.5 Å². The predicted molar refractivity (Wildman–Crippen MR) is 72.9 cm³/mol. The van der Waals surface area contributed by atoms with Crippen LogP contribution in [-0.2, 0) is 6.54 Å². The molecule has 92 valence electrons. The maximum Gasteiger partial charge on any atom is 0.194 e. The average molecular weight is 259 g/mol. The Morgan fingerprint density at radius 1 is 1.39 bits per heavy atom. The standard InChI is InChI=1S/C13H13N3OS/c1-17-12-5-3-2-4-10(12)11-8-18-13-15-9(6-14)7-16(11)13/h2-5,7-8H,6,14H2,1H3. The lowest BCUT2D eigenvalue weighted by Crippen LogP contribution is -1.95. The van der Waals surface area contributed by atoms with Gasteiger partial charge in [0.1, 0.15) is 5.75 Å². The minimum absolute atomic E-state index is 0.458. The molecule has 0 aliphatic carbocycles. The number of ether oxygens (including phenoxy) is 1. The average Bonchev–Trinajstić information content (AvgIpc) is 2.98. The van der Waals surface area contributed by atoms with E-state index in [-0.39, 0.29) is 0 Å². The Bertz CT molecular complexity index is 686.